The van der Waals surface area contributed by atoms with Crippen LogP contribution in [0.25, 0.3) is 0 Å². The fourth-order valence-electron chi connectivity index (χ4n) is 3.22. The van der Waals surface area contributed by atoms with Gasteiger partial charge in [0.15, 0.2) is 0 Å². The Hall–Kier alpha value is -2.58. The van der Waals surface area contributed by atoms with Gasteiger partial charge in [0.25, 0.3) is 0 Å². The summed E-state index contributed by atoms with van der Waals surface area (Å²) >= 11 is 0. The Morgan fingerprint density at radius 2 is 1.96 bits per heavy atom. The van der Waals surface area contributed by atoms with Gasteiger partial charge in [0.05, 0.1) is 7.11 Å². The first-order chi connectivity index (χ1) is 12.1. The summed E-state index contributed by atoms with van der Waals surface area (Å²) in [6.07, 6.45) is 2.53. The molecule has 0 amide bonds. The monoisotopic (exact) mass is 337 g/mol. The number of likely N-dealkylation sites (tertiary alicyclic amines) is 1. The van der Waals surface area contributed by atoms with Crippen molar-refractivity contribution >= 4 is 0 Å². The average Bonchev–Trinajstić information content (AvgIpc) is 3.09. The molecular weight excluding hydrogens is 314 g/mol. The molecule has 25 heavy (non-hydrogen) atoms. The highest BCUT2D eigenvalue weighted by molar-refractivity contribution is 5.48. The van der Waals surface area contributed by atoms with Gasteiger partial charge in [0.2, 0.25) is 5.88 Å². The first-order valence-corrected chi connectivity index (χ1v) is 8.56. The molecule has 5 nitrogen and oxygen atoms in total. The molecule has 1 aliphatic heterocycles. The van der Waals surface area contributed by atoms with Gasteiger partial charge in [0, 0.05) is 23.9 Å². The van der Waals surface area contributed by atoms with E-state index < -0.39 is 0 Å². The largest absolute Gasteiger partial charge is 0.496 e. The Labute approximate surface area is 148 Å². The third kappa shape index (κ3) is 3.92. The van der Waals surface area contributed by atoms with Crippen LogP contribution in [0.15, 0.2) is 24.3 Å². The molecule has 2 aromatic rings. The summed E-state index contributed by atoms with van der Waals surface area (Å²) in [5, 5.41) is 9.37. The smallest absolute Gasteiger partial charge is 0.237 e. The predicted octanol–water partition coefficient (Wildman–Crippen LogP) is 3.97. The Morgan fingerprint density at radius 1 is 1.20 bits per heavy atom. The summed E-state index contributed by atoms with van der Waals surface area (Å²) in [4.78, 5) is 6.80. The molecule has 1 fully saturated rings. The molecule has 5 heteroatoms. The zero-order valence-electron chi connectivity index (χ0n) is 15.0. The average molecular weight is 337 g/mol. The first-order valence-electron chi connectivity index (χ1n) is 8.56. The Kier molecular flexibility index (Phi) is 5.20. The van der Waals surface area contributed by atoms with E-state index in [-0.39, 0.29) is 0 Å². The normalized spacial score (nSPS) is 14.3. The maximum atomic E-state index is 9.37. The number of aryl methyl sites for hydroxylation is 2. The van der Waals surface area contributed by atoms with Gasteiger partial charge in [-0.25, -0.2) is 4.98 Å². The van der Waals surface area contributed by atoms with E-state index in [1.807, 2.05) is 38.1 Å². The van der Waals surface area contributed by atoms with Gasteiger partial charge in [-0.1, -0.05) is 6.07 Å². The number of ether oxygens (including phenoxy) is 2. The molecule has 0 radical (unpaired) electrons. The molecule has 0 spiro atoms. The Bertz CT molecular complexity index is 805. The number of aromatic nitrogens is 1. The summed E-state index contributed by atoms with van der Waals surface area (Å²) < 4.78 is 11.4. The quantitative estimate of drug-likeness (QED) is 0.826. The fourth-order valence-corrected chi connectivity index (χ4v) is 3.22. The topological polar surface area (TPSA) is 58.4 Å². The third-order valence-electron chi connectivity index (χ3n) is 4.49. The molecule has 1 aromatic carbocycles. The minimum atomic E-state index is 0.342. The van der Waals surface area contributed by atoms with Crippen LogP contribution in [-0.4, -0.2) is 30.1 Å². The van der Waals surface area contributed by atoms with Crippen molar-refractivity contribution in [1.29, 1.82) is 5.26 Å². The van der Waals surface area contributed by atoms with Gasteiger partial charge in [-0.15, -0.1) is 0 Å². The van der Waals surface area contributed by atoms with E-state index in [0.29, 0.717) is 17.2 Å². The van der Waals surface area contributed by atoms with E-state index in [1.54, 1.807) is 7.11 Å². The predicted molar refractivity (Wildman–Crippen MR) is 96.0 cm³/mol. The van der Waals surface area contributed by atoms with Gasteiger partial charge in [0.1, 0.15) is 23.1 Å². The minimum absolute atomic E-state index is 0.342. The second-order valence-electron chi connectivity index (χ2n) is 6.43. The van der Waals surface area contributed by atoms with E-state index in [1.165, 1.54) is 12.8 Å². The van der Waals surface area contributed by atoms with Crippen LogP contribution in [0.2, 0.25) is 0 Å². The van der Waals surface area contributed by atoms with Crippen LogP contribution in [0.1, 0.15) is 35.2 Å². The van der Waals surface area contributed by atoms with E-state index in [4.69, 9.17) is 9.47 Å². The van der Waals surface area contributed by atoms with Crippen LogP contribution >= 0.6 is 0 Å². The van der Waals surface area contributed by atoms with Gasteiger partial charge in [-0.3, -0.25) is 4.90 Å². The molecule has 0 atom stereocenters. The van der Waals surface area contributed by atoms with Crippen molar-refractivity contribution in [3.63, 3.8) is 0 Å². The number of nitrogens with zero attached hydrogens (tertiary/aromatic N) is 3. The summed E-state index contributed by atoms with van der Waals surface area (Å²) in [5.41, 5.74) is 3.29. The van der Waals surface area contributed by atoms with E-state index in [0.717, 1.165) is 42.2 Å². The third-order valence-corrected chi connectivity index (χ3v) is 4.49. The maximum absolute atomic E-state index is 9.37. The summed E-state index contributed by atoms with van der Waals surface area (Å²) in [6, 6.07) is 9.86. The van der Waals surface area contributed by atoms with Crippen molar-refractivity contribution in [2.45, 2.75) is 33.2 Å². The second kappa shape index (κ2) is 7.54. The highest BCUT2D eigenvalue weighted by Gasteiger charge is 2.16. The van der Waals surface area contributed by atoms with E-state index >= 15 is 0 Å². The number of methoxy groups -OCH3 is 1. The lowest BCUT2D eigenvalue weighted by atomic mass is 10.1. The molecule has 2 heterocycles. The van der Waals surface area contributed by atoms with Gasteiger partial charge >= 0.3 is 0 Å². The van der Waals surface area contributed by atoms with Crippen molar-refractivity contribution in [3.05, 3.63) is 46.6 Å². The zero-order valence-corrected chi connectivity index (χ0v) is 15.0. The Morgan fingerprint density at radius 3 is 2.64 bits per heavy atom. The van der Waals surface area contributed by atoms with E-state index in [2.05, 4.69) is 16.0 Å². The van der Waals surface area contributed by atoms with Gasteiger partial charge in [-0.2, -0.15) is 5.26 Å². The van der Waals surface area contributed by atoms with Crippen molar-refractivity contribution in [2.75, 3.05) is 20.2 Å². The maximum Gasteiger partial charge on any atom is 0.237 e. The molecule has 1 aliphatic rings. The fraction of sp³-hybridized carbons (Fsp3) is 0.400. The molecule has 0 saturated carbocycles. The van der Waals surface area contributed by atoms with Crippen molar-refractivity contribution < 1.29 is 9.47 Å². The number of hydrogen-bond donors (Lipinski definition) is 0. The molecule has 1 aromatic heterocycles. The number of rotatable bonds is 5. The molecule has 3 rings (SSSR count). The van der Waals surface area contributed by atoms with Crippen LogP contribution < -0.4 is 9.47 Å². The van der Waals surface area contributed by atoms with Crippen LogP contribution in [0.3, 0.4) is 0 Å². The minimum Gasteiger partial charge on any atom is -0.496 e. The van der Waals surface area contributed by atoms with Crippen LogP contribution in [-0.2, 0) is 6.54 Å². The molecule has 0 N–H and O–H groups in total. The summed E-state index contributed by atoms with van der Waals surface area (Å²) in [6.45, 7) is 6.94. The lowest BCUT2D eigenvalue weighted by molar-refractivity contribution is 0.320. The number of nitriles is 1. The SMILES string of the molecule is COc1cc(Oc2nc(C)cc(C)c2C#N)ccc1CN1CCCC1. The number of pyridine rings is 1. The van der Waals surface area contributed by atoms with E-state index in [9.17, 15) is 5.26 Å². The molecular formula is C20H23N3O2. The highest BCUT2D eigenvalue weighted by atomic mass is 16.5. The molecule has 0 unspecified atom stereocenters. The first kappa shape index (κ1) is 17.2. The summed E-state index contributed by atoms with van der Waals surface area (Å²) in [5.74, 6) is 1.76. The van der Waals surface area contributed by atoms with Crippen LogP contribution in [0, 0.1) is 25.2 Å². The van der Waals surface area contributed by atoms with Crippen LogP contribution in [0.4, 0.5) is 0 Å². The second-order valence-corrected chi connectivity index (χ2v) is 6.43. The van der Waals surface area contributed by atoms with Crippen molar-refractivity contribution in [2.24, 2.45) is 0 Å². The van der Waals surface area contributed by atoms with Crippen molar-refractivity contribution in [3.8, 4) is 23.4 Å². The Balaban J connectivity index is 1.85. The highest BCUT2D eigenvalue weighted by Crippen LogP contribution is 2.31. The lowest BCUT2D eigenvalue weighted by Crippen LogP contribution is -2.18. The number of benzene rings is 1. The van der Waals surface area contributed by atoms with Gasteiger partial charge in [-0.05, 0) is 57.5 Å². The summed E-state index contributed by atoms with van der Waals surface area (Å²) in [7, 11) is 1.67. The lowest BCUT2D eigenvalue weighted by Gasteiger charge is -2.18. The number of hydrogen-bond acceptors (Lipinski definition) is 5. The standard InChI is InChI=1S/C20H23N3O2/c1-14-10-15(2)22-20(18(14)12-21)25-17-7-6-16(19(11-17)24-3)13-23-8-4-5-9-23/h6-7,10-11H,4-5,8-9,13H2,1-3H3. The molecule has 0 bridgehead atoms. The zero-order chi connectivity index (χ0) is 17.8. The molecule has 0 aliphatic carbocycles. The van der Waals surface area contributed by atoms with Gasteiger partial charge < -0.3 is 9.47 Å². The van der Waals surface area contributed by atoms with Crippen LogP contribution in [0.5, 0.6) is 17.4 Å². The van der Waals surface area contributed by atoms with Crippen molar-refractivity contribution in [1.82, 2.24) is 9.88 Å². The molecule has 130 valence electrons. The molecule has 1 saturated heterocycles.